The SMILES string of the molecule is Cc1cc(-c2c(C)ccc3c2oc2cccc(C#N)c23)[n+](C)cc1F. The largest absolute Gasteiger partial charge is 0.455 e. The zero-order valence-corrected chi connectivity index (χ0v) is 14.2. The predicted octanol–water partition coefficient (Wildman–Crippen LogP) is 4.71. The Morgan fingerprint density at radius 2 is 1.92 bits per heavy atom. The van der Waals surface area contributed by atoms with Crippen LogP contribution in [-0.4, -0.2) is 0 Å². The summed E-state index contributed by atoms with van der Waals surface area (Å²) in [4.78, 5) is 0. The maximum atomic E-state index is 13.9. The molecule has 0 aliphatic rings. The van der Waals surface area contributed by atoms with Crippen molar-refractivity contribution < 1.29 is 13.4 Å². The summed E-state index contributed by atoms with van der Waals surface area (Å²) in [6, 6.07) is 13.5. The molecule has 0 spiro atoms. The van der Waals surface area contributed by atoms with Gasteiger partial charge in [0, 0.05) is 16.8 Å². The molecule has 0 unspecified atom stereocenters. The van der Waals surface area contributed by atoms with Crippen molar-refractivity contribution in [1.82, 2.24) is 0 Å². The number of nitrogens with zero attached hydrogens (tertiary/aromatic N) is 2. The minimum atomic E-state index is -0.243. The highest BCUT2D eigenvalue weighted by molar-refractivity contribution is 6.11. The summed E-state index contributed by atoms with van der Waals surface area (Å²) in [6.45, 7) is 3.76. The van der Waals surface area contributed by atoms with Gasteiger partial charge in [0.2, 0.25) is 11.9 Å². The van der Waals surface area contributed by atoms with Gasteiger partial charge in [-0.05, 0) is 37.1 Å². The van der Waals surface area contributed by atoms with Crippen LogP contribution in [0.25, 0.3) is 33.2 Å². The van der Waals surface area contributed by atoms with Gasteiger partial charge >= 0.3 is 0 Å². The summed E-state index contributed by atoms with van der Waals surface area (Å²) in [6.07, 6.45) is 1.48. The molecule has 0 saturated heterocycles. The van der Waals surface area contributed by atoms with Gasteiger partial charge in [-0.2, -0.15) is 9.83 Å². The molecular formula is C21H16FN2O+. The number of halogens is 1. The molecule has 4 rings (SSSR count). The maximum absolute atomic E-state index is 13.9. The lowest BCUT2D eigenvalue weighted by molar-refractivity contribution is -0.662. The molecule has 4 heteroatoms. The van der Waals surface area contributed by atoms with E-state index in [1.54, 1.807) is 17.6 Å². The quantitative estimate of drug-likeness (QED) is 0.474. The second kappa shape index (κ2) is 5.42. The number of hydrogen-bond donors (Lipinski definition) is 0. The van der Waals surface area contributed by atoms with E-state index in [-0.39, 0.29) is 5.82 Å². The predicted molar refractivity (Wildman–Crippen MR) is 94.5 cm³/mol. The van der Waals surface area contributed by atoms with Crippen molar-refractivity contribution in [3.05, 3.63) is 65.1 Å². The molecule has 0 amide bonds. The van der Waals surface area contributed by atoms with Crippen LogP contribution in [0.4, 0.5) is 4.39 Å². The molecule has 0 atom stereocenters. The second-order valence-electron chi connectivity index (χ2n) is 6.33. The number of benzene rings is 2. The highest BCUT2D eigenvalue weighted by Crippen LogP contribution is 2.38. The van der Waals surface area contributed by atoms with Gasteiger partial charge in [-0.3, -0.25) is 0 Å². The second-order valence-corrected chi connectivity index (χ2v) is 6.33. The minimum absolute atomic E-state index is 0.243. The first-order valence-electron chi connectivity index (χ1n) is 8.02. The summed E-state index contributed by atoms with van der Waals surface area (Å²) in [5.74, 6) is -0.243. The molecule has 25 heavy (non-hydrogen) atoms. The molecule has 2 aromatic carbocycles. The van der Waals surface area contributed by atoms with E-state index in [1.165, 1.54) is 6.20 Å². The molecule has 0 radical (unpaired) electrons. The van der Waals surface area contributed by atoms with Crippen molar-refractivity contribution in [2.45, 2.75) is 13.8 Å². The molecule has 0 aliphatic carbocycles. The lowest BCUT2D eigenvalue weighted by atomic mass is 9.98. The van der Waals surface area contributed by atoms with E-state index in [4.69, 9.17) is 4.42 Å². The number of nitriles is 1. The van der Waals surface area contributed by atoms with E-state index in [1.807, 2.05) is 44.3 Å². The number of pyridine rings is 1. The Morgan fingerprint density at radius 1 is 1.12 bits per heavy atom. The Labute approximate surface area is 144 Å². The van der Waals surface area contributed by atoms with Gasteiger partial charge in [0.25, 0.3) is 0 Å². The zero-order chi connectivity index (χ0) is 17.7. The Balaban J connectivity index is 2.17. The first-order valence-corrected chi connectivity index (χ1v) is 8.02. The number of fused-ring (bicyclic) bond motifs is 3. The van der Waals surface area contributed by atoms with Gasteiger partial charge in [0.05, 0.1) is 17.2 Å². The molecule has 0 fully saturated rings. The molecular weight excluding hydrogens is 315 g/mol. The van der Waals surface area contributed by atoms with E-state index in [9.17, 15) is 9.65 Å². The molecule has 2 aromatic heterocycles. The summed E-state index contributed by atoms with van der Waals surface area (Å²) in [5, 5.41) is 11.1. The number of hydrogen-bond acceptors (Lipinski definition) is 2. The summed E-state index contributed by atoms with van der Waals surface area (Å²) in [7, 11) is 1.82. The van der Waals surface area contributed by atoms with Crippen LogP contribution < -0.4 is 4.57 Å². The van der Waals surface area contributed by atoms with Crippen molar-refractivity contribution in [3.63, 3.8) is 0 Å². The van der Waals surface area contributed by atoms with Crippen molar-refractivity contribution >= 4 is 21.9 Å². The molecule has 0 bridgehead atoms. The smallest absolute Gasteiger partial charge is 0.216 e. The van der Waals surface area contributed by atoms with Crippen LogP contribution in [-0.2, 0) is 7.05 Å². The topological polar surface area (TPSA) is 40.8 Å². The number of furan rings is 1. The molecule has 0 aliphatic heterocycles. The molecule has 3 nitrogen and oxygen atoms in total. The van der Waals surface area contributed by atoms with Crippen LogP contribution in [0.3, 0.4) is 0 Å². The van der Waals surface area contributed by atoms with Gasteiger partial charge in [0.15, 0.2) is 5.82 Å². The normalized spacial score (nSPS) is 11.2. The molecule has 0 N–H and O–H groups in total. The average Bonchev–Trinajstić information content (AvgIpc) is 2.97. The summed E-state index contributed by atoms with van der Waals surface area (Å²) < 4.78 is 21.8. The van der Waals surface area contributed by atoms with Crippen LogP contribution >= 0.6 is 0 Å². The Morgan fingerprint density at radius 3 is 2.68 bits per heavy atom. The van der Waals surface area contributed by atoms with Gasteiger partial charge in [-0.1, -0.05) is 18.2 Å². The van der Waals surface area contributed by atoms with E-state index >= 15 is 0 Å². The maximum Gasteiger partial charge on any atom is 0.216 e. The van der Waals surface area contributed by atoms with Gasteiger partial charge < -0.3 is 4.42 Å². The lowest BCUT2D eigenvalue weighted by Crippen LogP contribution is -2.31. The monoisotopic (exact) mass is 331 g/mol. The highest BCUT2D eigenvalue weighted by Gasteiger charge is 2.22. The first-order chi connectivity index (χ1) is 12.0. The molecule has 122 valence electrons. The molecule has 0 saturated carbocycles. The molecule has 2 heterocycles. The van der Waals surface area contributed by atoms with E-state index in [0.29, 0.717) is 16.7 Å². The zero-order valence-electron chi connectivity index (χ0n) is 14.2. The summed E-state index contributed by atoms with van der Waals surface area (Å²) >= 11 is 0. The van der Waals surface area contributed by atoms with Gasteiger partial charge in [-0.25, -0.2) is 4.39 Å². The van der Waals surface area contributed by atoms with Crippen molar-refractivity contribution in [3.8, 4) is 17.3 Å². The Hall–Kier alpha value is -3.19. The van der Waals surface area contributed by atoms with E-state index < -0.39 is 0 Å². The standard InChI is InChI=1S/C21H16FN2O/c1-12-7-8-15-20-14(10-23)5-4-6-18(20)25-21(15)19(12)17-9-13(2)16(22)11-24(17)3/h4-9,11H,1-3H3/q+1. The van der Waals surface area contributed by atoms with Gasteiger partial charge in [0.1, 0.15) is 18.2 Å². The first kappa shape index (κ1) is 15.3. The summed E-state index contributed by atoms with van der Waals surface area (Å²) in [5.41, 5.74) is 5.40. The van der Waals surface area contributed by atoms with Crippen LogP contribution in [0.2, 0.25) is 0 Å². The fourth-order valence-electron chi connectivity index (χ4n) is 3.37. The average molecular weight is 331 g/mol. The van der Waals surface area contributed by atoms with Crippen LogP contribution in [0.15, 0.2) is 47.0 Å². The van der Waals surface area contributed by atoms with Crippen molar-refractivity contribution in [1.29, 1.82) is 5.26 Å². The van der Waals surface area contributed by atoms with Gasteiger partial charge in [-0.15, -0.1) is 0 Å². The van der Waals surface area contributed by atoms with Crippen LogP contribution in [0.5, 0.6) is 0 Å². The van der Waals surface area contributed by atoms with Crippen molar-refractivity contribution in [2.24, 2.45) is 7.05 Å². The minimum Gasteiger partial charge on any atom is -0.455 e. The Bertz CT molecular complexity index is 1200. The van der Waals surface area contributed by atoms with E-state index in [2.05, 4.69) is 6.07 Å². The fourth-order valence-corrected chi connectivity index (χ4v) is 3.37. The number of rotatable bonds is 1. The van der Waals surface area contributed by atoms with E-state index in [0.717, 1.165) is 33.2 Å². The Kier molecular flexibility index (Phi) is 3.33. The molecule has 4 aromatic rings. The van der Waals surface area contributed by atoms with Crippen molar-refractivity contribution in [2.75, 3.05) is 0 Å². The third-order valence-electron chi connectivity index (χ3n) is 4.67. The highest BCUT2D eigenvalue weighted by atomic mass is 19.1. The van der Waals surface area contributed by atoms with Crippen LogP contribution in [0, 0.1) is 31.0 Å². The number of aryl methyl sites for hydroxylation is 3. The third kappa shape index (κ3) is 2.20. The lowest BCUT2D eigenvalue weighted by Gasteiger charge is -2.07. The number of aromatic nitrogens is 1. The van der Waals surface area contributed by atoms with Crippen LogP contribution in [0.1, 0.15) is 16.7 Å². The fraction of sp³-hybridized carbons (Fsp3) is 0.143. The third-order valence-corrected chi connectivity index (χ3v) is 4.67.